The second-order valence-electron chi connectivity index (χ2n) is 12.6. The summed E-state index contributed by atoms with van der Waals surface area (Å²) in [5, 5.41) is 27.7. The Morgan fingerprint density at radius 1 is 1.09 bits per heavy atom. The Morgan fingerprint density at radius 3 is 2.02 bits per heavy atom. The van der Waals surface area contributed by atoms with Crippen LogP contribution in [0.2, 0.25) is 0 Å². The van der Waals surface area contributed by atoms with Crippen LogP contribution < -0.4 is 0 Å². The number of Topliss-reactive ketones (excluding diaryl/α,β-unsaturated/α-hetero) is 2. The number of terminal acetylenes is 1. The van der Waals surface area contributed by atoms with E-state index in [0.717, 1.165) is 20.1 Å². The Hall–Kier alpha value is -1.82. The Kier molecular flexibility index (Phi) is 27.5. The van der Waals surface area contributed by atoms with Crippen molar-refractivity contribution in [3.05, 3.63) is 0 Å². The maximum Gasteiger partial charge on any atom is 0.198 e. The van der Waals surface area contributed by atoms with Gasteiger partial charge in [-0.2, -0.15) is 4.94 Å². The molecule has 6 unspecified atom stereocenters. The number of ether oxygens (including phenoxy) is 3. The third-order valence-electron chi connectivity index (χ3n) is 8.37. The summed E-state index contributed by atoms with van der Waals surface area (Å²) < 4.78 is 27.8. The molecule has 1 heterocycles. The molecule has 1 saturated heterocycles. The second kappa shape index (κ2) is 26.1. The van der Waals surface area contributed by atoms with E-state index in [-0.39, 0.29) is 30.3 Å². The molecule has 0 spiro atoms. The maximum absolute atomic E-state index is 12.8. The van der Waals surface area contributed by atoms with Crippen LogP contribution in [0.1, 0.15) is 94.4 Å². The highest BCUT2D eigenvalue weighted by Crippen LogP contribution is 2.32. The lowest BCUT2D eigenvalue weighted by Crippen LogP contribution is -2.50. The Bertz CT molecular complexity index is 898. The summed E-state index contributed by atoms with van der Waals surface area (Å²) in [6, 6.07) is 0.280. The molecule has 278 valence electrons. The summed E-state index contributed by atoms with van der Waals surface area (Å²) in [5.41, 5.74) is -2.29. The number of hydrogen-bond acceptors (Lipinski definition) is 11. The van der Waals surface area contributed by atoms with Crippen molar-refractivity contribution in [1.82, 2.24) is 4.90 Å². The van der Waals surface area contributed by atoms with E-state index in [9.17, 15) is 29.1 Å². The Morgan fingerprint density at radius 2 is 1.60 bits per heavy atom. The van der Waals surface area contributed by atoms with Crippen LogP contribution in [0.25, 0.3) is 0 Å². The quantitative estimate of drug-likeness (QED) is 0.109. The molecule has 47 heavy (non-hydrogen) atoms. The number of rotatable bonds is 18. The van der Waals surface area contributed by atoms with Gasteiger partial charge in [0.1, 0.15) is 23.5 Å². The summed E-state index contributed by atoms with van der Waals surface area (Å²) in [4.78, 5) is 41.8. The molecule has 0 radical (unpaired) electrons. The molecular weight excluding hydrogens is 613 g/mol. The molecule has 10 atom stereocenters. The van der Waals surface area contributed by atoms with Gasteiger partial charge >= 0.3 is 0 Å². The minimum Gasteiger partial charge on any atom is -0.400 e. The van der Waals surface area contributed by atoms with Crippen molar-refractivity contribution in [1.29, 1.82) is 0 Å². The lowest BCUT2D eigenvalue weighted by molar-refractivity contribution is -0.304. The van der Waals surface area contributed by atoms with Gasteiger partial charge in [-0.25, -0.2) is 0 Å². The number of aldehydes is 1. The van der Waals surface area contributed by atoms with Crippen molar-refractivity contribution in [2.75, 3.05) is 41.5 Å². The van der Waals surface area contributed by atoms with E-state index in [1.165, 1.54) is 21.1 Å². The summed E-state index contributed by atoms with van der Waals surface area (Å²) in [6.07, 6.45) is 6.73. The van der Waals surface area contributed by atoms with Crippen molar-refractivity contribution in [3.8, 4) is 12.3 Å². The average Bonchev–Trinajstić information content (AvgIpc) is 3.06. The highest BCUT2D eigenvalue weighted by molar-refractivity contribution is 5.94. The van der Waals surface area contributed by atoms with Crippen molar-refractivity contribution in [2.24, 2.45) is 23.7 Å². The predicted octanol–water partition coefficient (Wildman–Crippen LogP) is 4.18. The fourth-order valence-electron chi connectivity index (χ4n) is 5.70. The molecule has 0 aromatic rings. The van der Waals surface area contributed by atoms with E-state index in [4.69, 9.17) is 25.7 Å². The van der Waals surface area contributed by atoms with Gasteiger partial charge < -0.3 is 39.2 Å². The lowest BCUT2D eigenvalue weighted by atomic mass is 9.77. The molecule has 1 aliphatic heterocycles. The number of ketones is 2. The lowest BCUT2D eigenvalue weighted by Gasteiger charge is -2.36. The van der Waals surface area contributed by atoms with E-state index in [1.807, 2.05) is 34.7 Å². The van der Waals surface area contributed by atoms with E-state index in [0.29, 0.717) is 32.0 Å². The van der Waals surface area contributed by atoms with Crippen LogP contribution in [0, 0.1) is 36.0 Å². The largest absolute Gasteiger partial charge is 0.400 e. The van der Waals surface area contributed by atoms with Crippen LogP contribution in [-0.4, -0.2) is 115 Å². The van der Waals surface area contributed by atoms with Gasteiger partial charge in [-0.15, -0.1) is 12.3 Å². The zero-order valence-electron chi connectivity index (χ0n) is 31.2. The van der Waals surface area contributed by atoms with Crippen molar-refractivity contribution >= 4 is 17.9 Å². The first-order chi connectivity index (χ1) is 21.9. The third kappa shape index (κ3) is 18.5. The number of carbonyl (C=O) groups is 3. The summed E-state index contributed by atoms with van der Waals surface area (Å²) in [7, 11) is 5.93. The SMILES string of the molecule is C#CCCN(C)C1CC(C)OC(OF)C1.CC.CO.COC[C@@](C)(O)C(O)C(C)C(=O)[C@H](C)C[C@](C)(C[C@@H](C)C(=O)C(C)C=O)OC. The van der Waals surface area contributed by atoms with Crippen molar-refractivity contribution < 1.29 is 53.4 Å². The zero-order chi connectivity index (χ0) is 37.5. The zero-order valence-corrected chi connectivity index (χ0v) is 31.2. The van der Waals surface area contributed by atoms with E-state index in [2.05, 4.69) is 15.8 Å². The fourth-order valence-corrected chi connectivity index (χ4v) is 5.70. The van der Waals surface area contributed by atoms with Gasteiger partial charge in [-0.3, -0.25) is 9.59 Å². The second-order valence-corrected chi connectivity index (χ2v) is 12.6. The fraction of sp³-hybridized carbons (Fsp3) is 0.857. The standard InChI is InChI=1S/C21H38O7.C11H18FNO2.C2H6.CH4O/c1-13(17(23)15(3)11-22)9-20(5,28-8)10-14(2)18(24)16(4)19(25)21(6,26)12-27-7;1-4-5-6-13(3)10-7-9(2)14-11(8-10)15-12;2*1-2/h11,13-16,19,25-26H,9-10,12H2,1-8H3;1,9-11H,5-8H2,2-3H3;1-2H3;2H,1H3/t13-,14-,15?,16?,19?,20+,21-;;;/m1.../s1. The average molecular weight is 680 g/mol. The van der Waals surface area contributed by atoms with Gasteiger partial charge in [0, 0.05) is 64.5 Å². The molecule has 11 nitrogen and oxygen atoms in total. The van der Waals surface area contributed by atoms with Crippen LogP contribution in [0.5, 0.6) is 0 Å². The Balaban J connectivity index is -0.000000851. The van der Waals surface area contributed by atoms with Crippen LogP contribution in [-0.2, 0) is 33.5 Å². The number of methoxy groups -OCH3 is 2. The van der Waals surface area contributed by atoms with Crippen LogP contribution in [0.15, 0.2) is 0 Å². The van der Waals surface area contributed by atoms with Crippen molar-refractivity contribution in [3.63, 3.8) is 0 Å². The van der Waals surface area contributed by atoms with E-state index >= 15 is 0 Å². The van der Waals surface area contributed by atoms with Gasteiger partial charge in [0.15, 0.2) is 6.29 Å². The molecule has 0 amide bonds. The van der Waals surface area contributed by atoms with Crippen LogP contribution in [0.3, 0.4) is 0 Å². The molecule has 1 rings (SSSR count). The molecule has 12 heteroatoms. The normalized spacial score (nSPS) is 23.1. The van der Waals surface area contributed by atoms with Gasteiger partial charge in [0.05, 0.1) is 30.3 Å². The number of nitrogens with zero attached hydrogens (tertiary/aromatic N) is 1. The molecule has 0 aliphatic carbocycles. The number of aliphatic hydroxyl groups is 3. The minimum atomic E-state index is -1.54. The van der Waals surface area contributed by atoms with Gasteiger partial charge in [-0.1, -0.05) is 34.6 Å². The molecule has 0 aromatic heterocycles. The smallest absolute Gasteiger partial charge is 0.198 e. The highest BCUT2D eigenvalue weighted by Gasteiger charge is 2.41. The summed E-state index contributed by atoms with van der Waals surface area (Å²) in [5.74, 6) is -0.0806. The first-order valence-corrected chi connectivity index (χ1v) is 16.4. The molecule has 3 N–H and O–H groups in total. The van der Waals surface area contributed by atoms with Gasteiger partial charge in [-0.05, 0) is 58.5 Å². The first-order valence-electron chi connectivity index (χ1n) is 16.4. The molecule has 0 aromatic carbocycles. The highest BCUT2D eigenvalue weighted by atomic mass is 19.3. The topological polar surface area (TPSA) is 152 Å². The maximum atomic E-state index is 12.8. The predicted molar refractivity (Wildman–Crippen MR) is 181 cm³/mol. The summed E-state index contributed by atoms with van der Waals surface area (Å²) in [6.45, 7) is 16.6. The van der Waals surface area contributed by atoms with Crippen molar-refractivity contribution in [2.45, 2.75) is 130 Å². The van der Waals surface area contributed by atoms with E-state index < -0.39 is 47.3 Å². The van der Waals surface area contributed by atoms with Crippen LogP contribution >= 0.6 is 0 Å². The molecule has 0 saturated carbocycles. The van der Waals surface area contributed by atoms with Crippen LogP contribution in [0.4, 0.5) is 4.53 Å². The van der Waals surface area contributed by atoms with Gasteiger partial charge in [0.2, 0.25) is 0 Å². The third-order valence-corrected chi connectivity index (χ3v) is 8.37. The number of hydrogen-bond donors (Lipinski definition) is 3. The molecule has 1 aliphatic rings. The van der Waals surface area contributed by atoms with E-state index in [1.54, 1.807) is 27.7 Å². The molecule has 1 fully saturated rings. The van der Waals surface area contributed by atoms with Gasteiger partial charge in [0.25, 0.3) is 0 Å². The number of aliphatic hydroxyl groups excluding tert-OH is 2. The number of carbonyl (C=O) groups excluding carboxylic acids is 3. The summed E-state index contributed by atoms with van der Waals surface area (Å²) >= 11 is 0. The minimum absolute atomic E-state index is 0.0257. The Labute approximate surface area is 283 Å². The molecular formula is C35H66FNO10. The molecule has 0 bridgehead atoms. The monoisotopic (exact) mass is 679 g/mol. The first kappa shape index (κ1) is 49.6. The number of halogens is 1.